The van der Waals surface area contributed by atoms with Gasteiger partial charge in [0.25, 0.3) is 0 Å². The van der Waals surface area contributed by atoms with Crippen LogP contribution in [0.4, 0.5) is 0 Å². The fraction of sp³-hybridized carbons (Fsp3) is 1.00. The van der Waals surface area contributed by atoms with Crippen molar-refractivity contribution >= 4 is 0 Å². The summed E-state index contributed by atoms with van der Waals surface area (Å²) < 4.78 is 6.10. The van der Waals surface area contributed by atoms with Crippen LogP contribution in [0.2, 0.25) is 0 Å². The van der Waals surface area contributed by atoms with Gasteiger partial charge in [0.15, 0.2) is 0 Å². The van der Waals surface area contributed by atoms with Crippen LogP contribution in [0.1, 0.15) is 53.4 Å². The third-order valence-electron chi connectivity index (χ3n) is 4.04. The molecule has 1 aliphatic carbocycles. The Kier molecular flexibility index (Phi) is 2.63. The molecule has 0 bridgehead atoms. The molecule has 0 atom stereocenters. The van der Waals surface area contributed by atoms with Crippen LogP contribution in [0.25, 0.3) is 0 Å². The molecule has 0 aromatic heterocycles. The molecule has 1 saturated carbocycles. The highest BCUT2D eigenvalue weighted by molar-refractivity contribution is 4.93. The minimum absolute atomic E-state index is 0.0189. The molecule has 2 fully saturated rings. The summed E-state index contributed by atoms with van der Waals surface area (Å²) in [6.07, 6.45) is 4.91. The van der Waals surface area contributed by atoms with E-state index < -0.39 is 0 Å². The number of nitrogens with one attached hydrogen (secondary N) is 1. The van der Waals surface area contributed by atoms with Crippen molar-refractivity contribution in [1.82, 2.24) is 5.32 Å². The summed E-state index contributed by atoms with van der Waals surface area (Å²) >= 11 is 0. The molecule has 1 saturated heterocycles. The summed E-state index contributed by atoms with van der Waals surface area (Å²) in [6.45, 7) is 11.3. The average Bonchev–Trinajstić information content (AvgIpc) is 2.15. The predicted octanol–water partition coefficient (Wildman–Crippen LogP) is 2.93. The first-order chi connectivity index (χ1) is 6.83. The molecule has 0 aromatic rings. The molecule has 0 aromatic carbocycles. The van der Waals surface area contributed by atoms with E-state index in [2.05, 4.69) is 33.0 Å². The van der Waals surface area contributed by atoms with Crippen LogP contribution in [-0.4, -0.2) is 18.9 Å². The van der Waals surface area contributed by atoms with Gasteiger partial charge in [-0.05, 0) is 31.1 Å². The molecule has 0 amide bonds. The van der Waals surface area contributed by atoms with Crippen LogP contribution < -0.4 is 5.32 Å². The highest BCUT2D eigenvalue weighted by Gasteiger charge is 2.43. The summed E-state index contributed by atoms with van der Waals surface area (Å²) in [5, 5.41) is 3.64. The molecule has 2 aliphatic rings. The fourth-order valence-corrected chi connectivity index (χ4v) is 2.49. The molecular weight excluding hydrogens is 186 g/mol. The van der Waals surface area contributed by atoms with Gasteiger partial charge in [0.2, 0.25) is 0 Å². The van der Waals surface area contributed by atoms with Crippen LogP contribution in [0.5, 0.6) is 0 Å². The SMILES string of the molecule is CC1(C)CCC2(CC1)NCC(C)(C)CO2. The second kappa shape index (κ2) is 3.46. The summed E-state index contributed by atoms with van der Waals surface area (Å²) in [7, 11) is 0. The van der Waals surface area contributed by atoms with Gasteiger partial charge < -0.3 is 4.74 Å². The number of hydrogen-bond donors (Lipinski definition) is 1. The summed E-state index contributed by atoms with van der Waals surface area (Å²) in [5.41, 5.74) is 0.840. The second-order valence-electron chi connectivity index (χ2n) is 6.96. The molecule has 0 radical (unpaired) electrons. The molecule has 0 unspecified atom stereocenters. The fourth-order valence-electron chi connectivity index (χ4n) is 2.49. The number of rotatable bonds is 0. The lowest BCUT2D eigenvalue weighted by Gasteiger charge is -2.49. The highest BCUT2D eigenvalue weighted by atomic mass is 16.5. The molecule has 1 spiro atoms. The van der Waals surface area contributed by atoms with Crippen molar-refractivity contribution in [2.24, 2.45) is 10.8 Å². The minimum atomic E-state index is 0.0189. The van der Waals surface area contributed by atoms with Gasteiger partial charge in [-0.15, -0.1) is 0 Å². The van der Waals surface area contributed by atoms with Crippen molar-refractivity contribution in [3.05, 3.63) is 0 Å². The smallest absolute Gasteiger partial charge is 0.119 e. The lowest BCUT2D eigenvalue weighted by molar-refractivity contribution is -0.163. The Balaban J connectivity index is 1.95. The Bertz CT molecular complexity index is 195. The second-order valence-corrected chi connectivity index (χ2v) is 6.96. The van der Waals surface area contributed by atoms with Crippen molar-refractivity contribution in [3.8, 4) is 0 Å². The van der Waals surface area contributed by atoms with Crippen molar-refractivity contribution in [1.29, 1.82) is 0 Å². The average molecular weight is 211 g/mol. The molecule has 2 rings (SSSR count). The van der Waals surface area contributed by atoms with Gasteiger partial charge in [-0.3, -0.25) is 5.32 Å². The first-order valence-electron chi connectivity index (χ1n) is 6.22. The Morgan fingerprint density at radius 2 is 1.47 bits per heavy atom. The summed E-state index contributed by atoms with van der Waals surface area (Å²) in [6, 6.07) is 0. The first-order valence-corrected chi connectivity index (χ1v) is 6.22. The molecule has 15 heavy (non-hydrogen) atoms. The third-order valence-corrected chi connectivity index (χ3v) is 4.04. The third kappa shape index (κ3) is 2.54. The molecule has 1 N–H and O–H groups in total. The lowest BCUT2D eigenvalue weighted by Crippen LogP contribution is -2.59. The van der Waals surface area contributed by atoms with Crippen molar-refractivity contribution in [2.75, 3.05) is 13.2 Å². The van der Waals surface area contributed by atoms with E-state index in [1.54, 1.807) is 0 Å². The molecular formula is C13H25NO. The molecule has 88 valence electrons. The van der Waals surface area contributed by atoms with Crippen LogP contribution in [0.15, 0.2) is 0 Å². The van der Waals surface area contributed by atoms with Crippen LogP contribution in [0.3, 0.4) is 0 Å². The van der Waals surface area contributed by atoms with Crippen molar-refractivity contribution in [3.63, 3.8) is 0 Å². The maximum absolute atomic E-state index is 6.10. The summed E-state index contributed by atoms with van der Waals surface area (Å²) in [4.78, 5) is 0. The zero-order valence-corrected chi connectivity index (χ0v) is 10.7. The van der Waals surface area contributed by atoms with Gasteiger partial charge in [-0.1, -0.05) is 27.7 Å². The highest BCUT2D eigenvalue weighted by Crippen LogP contribution is 2.42. The quantitative estimate of drug-likeness (QED) is 0.665. The Morgan fingerprint density at radius 3 is 1.93 bits per heavy atom. The van der Waals surface area contributed by atoms with Gasteiger partial charge in [-0.2, -0.15) is 0 Å². The van der Waals surface area contributed by atoms with Gasteiger partial charge >= 0.3 is 0 Å². The monoisotopic (exact) mass is 211 g/mol. The Hall–Kier alpha value is -0.0800. The molecule has 2 nitrogen and oxygen atoms in total. The minimum Gasteiger partial charge on any atom is -0.360 e. The van der Waals surface area contributed by atoms with E-state index in [0.29, 0.717) is 10.8 Å². The van der Waals surface area contributed by atoms with E-state index in [4.69, 9.17) is 4.74 Å². The van der Waals surface area contributed by atoms with Crippen molar-refractivity contribution < 1.29 is 4.74 Å². The molecule has 2 heteroatoms. The summed E-state index contributed by atoms with van der Waals surface area (Å²) in [5.74, 6) is 0. The van der Waals surface area contributed by atoms with Crippen LogP contribution in [0, 0.1) is 10.8 Å². The van der Waals surface area contributed by atoms with Crippen LogP contribution >= 0.6 is 0 Å². The largest absolute Gasteiger partial charge is 0.360 e. The van der Waals surface area contributed by atoms with Gasteiger partial charge in [0, 0.05) is 12.0 Å². The number of ether oxygens (including phenoxy) is 1. The maximum Gasteiger partial charge on any atom is 0.119 e. The van der Waals surface area contributed by atoms with E-state index >= 15 is 0 Å². The van der Waals surface area contributed by atoms with E-state index in [9.17, 15) is 0 Å². The van der Waals surface area contributed by atoms with E-state index in [0.717, 1.165) is 13.2 Å². The topological polar surface area (TPSA) is 21.3 Å². The zero-order chi connectivity index (χ0) is 11.2. The van der Waals surface area contributed by atoms with E-state index in [-0.39, 0.29) is 5.72 Å². The van der Waals surface area contributed by atoms with E-state index in [1.165, 1.54) is 25.7 Å². The normalized spacial score (nSPS) is 32.8. The Labute approximate surface area is 93.8 Å². The van der Waals surface area contributed by atoms with E-state index in [1.807, 2.05) is 0 Å². The molecule has 1 aliphatic heterocycles. The Morgan fingerprint density at radius 1 is 0.867 bits per heavy atom. The van der Waals surface area contributed by atoms with Crippen molar-refractivity contribution in [2.45, 2.75) is 59.1 Å². The van der Waals surface area contributed by atoms with Gasteiger partial charge in [-0.25, -0.2) is 0 Å². The van der Waals surface area contributed by atoms with Gasteiger partial charge in [0.05, 0.1) is 6.61 Å². The lowest BCUT2D eigenvalue weighted by atomic mass is 9.73. The molecule has 1 heterocycles. The number of hydrogen-bond acceptors (Lipinski definition) is 2. The van der Waals surface area contributed by atoms with Gasteiger partial charge in [0.1, 0.15) is 5.72 Å². The standard InChI is InChI=1S/C13H25NO/c1-11(2)5-7-13(8-6-11)14-9-12(3,4)10-15-13/h14H,5-10H2,1-4H3. The maximum atomic E-state index is 6.10. The first kappa shape index (κ1) is 11.4. The predicted molar refractivity (Wildman–Crippen MR) is 62.7 cm³/mol. The van der Waals surface area contributed by atoms with Crippen LogP contribution in [-0.2, 0) is 4.74 Å². The zero-order valence-electron chi connectivity index (χ0n) is 10.7.